The van der Waals surface area contributed by atoms with E-state index >= 15 is 0 Å². The van der Waals surface area contributed by atoms with Gasteiger partial charge in [-0.1, -0.05) is 48.5 Å². The predicted molar refractivity (Wildman–Crippen MR) is 67.2 cm³/mol. The molecule has 3 rings (SSSR count). The Morgan fingerprint density at radius 1 is 1.00 bits per heavy atom. The van der Waals surface area contributed by atoms with Crippen LogP contribution in [0, 0.1) is 6.08 Å². The molecule has 83 valence electrons. The summed E-state index contributed by atoms with van der Waals surface area (Å²) in [5.74, 6) is 0. The molecule has 0 saturated carbocycles. The van der Waals surface area contributed by atoms with E-state index in [2.05, 4.69) is 12.1 Å². The van der Waals surface area contributed by atoms with Gasteiger partial charge in [-0.2, -0.15) is 0 Å². The summed E-state index contributed by atoms with van der Waals surface area (Å²) >= 11 is 0. The molecule has 1 atom stereocenters. The van der Waals surface area contributed by atoms with Crippen molar-refractivity contribution in [2.24, 2.45) is 0 Å². The van der Waals surface area contributed by atoms with E-state index in [1.807, 2.05) is 42.5 Å². The molecule has 0 N–H and O–H groups in total. The molecular formula is C16H12F. The predicted octanol–water partition coefficient (Wildman–Crippen LogP) is 4.28. The van der Waals surface area contributed by atoms with E-state index in [0.717, 1.165) is 28.7 Å². The Bertz CT molecular complexity index is 555. The van der Waals surface area contributed by atoms with Gasteiger partial charge in [0.1, 0.15) is 0 Å². The third kappa shape index (κ3) is 1.89. The zero-order chi connectivity index (χ0) is 11.7. The van der Waals surface area contributed by atoms with E-state index < -0.39 is 6.17 Å². The van der Waals surface area contributed by atoms with Crippen LogP contribution in [0.2, 0.25) is 0 Å². The lowest BCUT2D eigenvalue weighted by Gasteiger charge is -2.15. The van der Waals surface area contributed by atoms with Gasteiger partial charge in [0.25, 0.3) is 0 Å². The zero-order valence-corrected chi connectivity index (χ0v) is 9.36. The average Bonchev–Trinajstić information content (AvgIpc) is 2.40. The first-order valence-electron chi connectivity index (χ1n) is 5.74. The average molecular weight is 223 g/mol. The number of halogens is 1. The summed E-state index contributed by atoms with van der Waals surface area (Å²) in [4.78, 5) is 0. The minimum Gasteiger partial charge on any atom is -0.237 e. The van der Waals surface area contributed by atoms with Gasteiger partial charge in [0.15, 0.2) is 6.17 Å². The zero-order valence-electron chi connectivity index (χ0n) is 9.36. The van der Waals surface area contributed by atoms with Crippen LogP contribution in [0.4, 0.5) is 4.39 Å². The maximum atomic E-state index is 13.7. The Morgan fingerprint density at radius 2 is 1.82 bits per heavy atom. The van der Waals surface area contributed by atoms with Crippen molar-refractivity contribution in [3.63, 3.8) is 0 Å². The Hall–Kier alpha value is -1.89. The molecule has 0 aromatic heterocycles. The second-order valence-corrected chi connectivity index (χ2v) is 4.22. The molecule has 2 aromatic rings. The third-order valence-corrected chi connectivity index (χ3v) is 3.11. The molecule has 0 saturated heterocycles. The summed E-state index contributed by atoms with van der Waals surface area (Å²) in [6.07, 6.45) is 4.20. The Labute approximate surface area is 100 Å². The van der Waals surface area contributed by atoms with Crippen molar-refractivity contribution < 1.29 is 4.39 Å². The summed E-state index contributed by atoms with van der Waals surface area (Å²) in [6, 6.07) is 16.1. The fraction of sp³-hybridized carbons (Fsp3) is 0.125. The molecule has 1 aliphatic rings. The van der Waals surface area contributed by atoms with Crippen LogP contribution in [-0.2, 0) is 6.42 Å². The van der Waals surface area contributed by atoms with Crippen LogP contribution in [-0.4, -0.2) is 0 Å². The van der Waals surface area contributed by atoms with E-state index in [1.54, 1.807) is 6.08 Å². The van der Waals surface area contributed by atoms with Gasteiger partial charge in [-0.3, -0.25) is 0 Å². The first-order chi connectivity index (χ1) is 8.34. The van der Waals surface area contributed by atoms with Gasteiger partial charge in [-0.15, -0.1) is 0 Å². The Morgan fingerprint density at radius 3 is 2.65 bits per heavy atom. The standard InChI is InChI=1S/C16H12F/c17-16-8-4-7-13-9-10-14(11-15(13)16)12-5-2-1-3-6-12/h1-6,9-11,16H,7H2. The summed E-state index contributed by atoms with van der Waals surface area (Å²) in [7, 11) is 0. The molecule has 1 unspecified atom stereocenters. The van der Waals surface area contributed by atoms with Crippen molar-refractivity contribution in [2.45, 2.75) is 12.6 Å². The highest BCUT2D eigenvalue weighted by Gasteiger charge is 2.16. The second kappa shape index (κ2) is 4.17. The monoisotopic (exact) mass is 223 g/mol. The summed E-state index contributed by atoms with van der Waals surface area (Å²) in [6.45, 7) is 0. The molecule has 0 aliphatic heterocycles. The summed E-state index contributed by atoms with van der Waals surface area (Å²) in [5.41, 5.74) is 4.01. The maximum Gasteiger partial charge on any atom is 0.151 e. The van der Waals surface area contributed by atoms with Gasteiger partial charge in [-0.05, 0) is 40.8 Å². The van der Waals surface area contributed by atoms with Gasteiger partial charge < -0.3 is 0 Å². The van der Waals surface area contributed by atoms with E-state index in [0.29, 0.717) is 0 Å². The number of benzene rings is 2. The largest absolute Gasteiger partial charge is 0.237 e. The van der Waals surface area contributed by atoms with Gasteiger partial charge in [0, 0.05) is 0 Å². The van der Waals surface area contributed by atoms with Crippen LogP contribution in [0.15, 0.2) is 54.6 Å². The van der Waals surface area contributed by atoms with E-state index in [4.69, 9.17) is 0 Å². The molecule has 1 aliphatic carbocycles. The molecule has 0 nitrogen and oxygen atoms in total. The first-order valence-corrected chi connectivity index (χ1v) is 5.74. The highest BCUT2D eigenvalue weighted by atomic mass is 19.1. The number of hydrogen-bond acceptors (Lipinski definition) is 0. The lowest BCUT2D eigenvalue weighted by atomic mass is 9.92. The summed E-state index contributed by atoms with van der Waals surface area (Å²) < 4.78 is 13.7. The second-order valence-electron chi connectivity index (χ2n) is 4.22. The van der Waals surface area contributed by atoms with Gasteiger partial charge in [0.05, 0.1) is 0 Å². The minimum absolute atomic E-state index is 0.758. The van der Waals surface area contributed by atoms with Crippen LogP contribution in [0.3, 0.4) is 0 Å². The molecule has 2 aromatic carbocycles. The van der Waals surface area contributed by atoms with Gasteiger partial charge >= 0.3 is 0 Å². The smallest absolute Gasteiger partial charge is 0.151 e. The molecule has 0 spiro atoms. The van der Waals surface area contributed by atoms with Crippen molar-refractivity contribution in [2.75, 3.05) is 0 Å². The number of rotatable bonds is 1. The quantitative estimate of drug-likeness (QED) is 0.677. The number of fused-ring (bicyclic) bond motifs is 1. The number of hydrogen-bond donors (Lipinski definition) is 0. The Kier molecular flexibility index (Phi) is 2.52. The molecule has 1 radical (unpaired) electrons. The van der Waals surface area contributed by atoms with Crippen LogP contribution >= 0.6 is 0 Å². The maximum absolute atomic E-state index is 13.7. The fourth-order valence-electron chi connectivity index (χ4n) is 2.19. The molecule has 0 fully saturated rings. The van der Waals surface area contributed by atoms with Crippen molar-refractivity contribution in [3.05, 3.63) is 71.8 Å². The number of alkyl halides is 1. The molecular weight excluding hydrogens is 211 g/mol. The highest BCUT2D eigenvalue weighted by Crippen LogP contribution is 2.31. The minimum atomic E-state index is -1.08. The fourth-order valence-corrected chi connectivity index (χ4v) is 2.19. The van der Waals surface area contributed by atoms with Crippen molar-refractivity contribution >= 4 is 0 Å². The highest BCUT2D eigenvalue weighted by molar-refractivity contribution is 5.65. The molecule has 1 heteroatoms. The third-order valence-electron chi connectivity index (χ3n) is 3.11. The molecule has 0 amide bonds. The normalized spacial score (nSPS) is 17.8. The lowest BCUT2D eigenvalue weighted by molar-refractivity contribution is 0.397. The van der Waals surface area contributed by atoms with Crippen LogP contribution in [0.1, 0.15) is 17.3 Å². The van der Waals surface area contributed by atoms with Crippen LogP contribution in [0.25, 0.3) is 11.1 Å². The SMILES string of the molecule is FC1[C]=CCc2ccc(-c3ccccc3)cc21. The lowest BCUT2D eigenvalue weighted by Crippen LogP contribution is -2.01. The molecule has 0 bridgehead atoms. The van der Waals surface area contributed by atoms with Gasteiger partial charge in [0.2, 0.25) is 0 Å². The summed E-state index contributed by atoms with van der Waals surface area (Å²) in [5, 5.41) is 0. The van der Waals surface area contributed by atoms with E-state index in [-0.39, 0.29) is 0 Å². The van der Waals surface area contributed by atoms with Crippen molar-refractivity contribution in [1.29, 1.82) is 0 Å². The topological polar surface area (TPSA) is 0 Å². The van der Waals surface area contributed by atoms with Crippen molar-refractivity contribution in [3.8, 4) is 11.1 Å². The van der Waals surface area contributed by atoms with Crippen LogP contribution < -0.4 is 0 Å². The molecule has 0 heterocycles. The Balaban J connectivity index is 2.08. The van der Waals surface area contributed by atoms with E-state index in [1.165, 1.54) is 0 Å². The van der Waals surface area contributed by atoms with Gasteiger partial charge in [-0.25, -0.2) is 4.39 Å². The number of allylic oxidation sites excluding steroid dienone is 2. The van der Waals surface area contributed by atoms with Crippen LogP contribution in [0.5, 0.6) is 0 Å². The van der Waals surface area contributed by atoms with Crippen molar-refractivity contribution in [1.82, 2.24) is 0 Å². The first kappa shape index (κ1) is 10.3. The van der Waals surface area contributed by atoms with E-state index in [9.17, 15) is 4.39 Å². The molecule has 17 heavy (non-hydrogen) atoms.